The maximum absolute atomic E-state index is 12.7. The Morgan fingerprint density at radius 1 is 1.38 bits per heavy atom. The fourth-order valence-electron chi connectivity index (χ4n) is 4.15. The van der Waals surface area contributed by atoms with Gasteiger partial charge in [-0.25, -0.2) is 0 Å². The first-order valence-electron chi connectivity index (χ1n) is 8.95. The molecular weight excluding hydrogens is 304 g/mol. The molecule has 128 valence electrons. The second-order valence-electron chi connectivity index (χ2n) is 6.88. The van der Waals surface area contributed by atoms with E-state index in [-0.39, 0.29) is 24.2 Å². The van der Waals surface area contributed by atoms with Gasteiger partial charge in [-0.3, -0.25) is 9.78 Å². The van der Waals surface area contributed by atoms with Crippen molar-refractivity contribution in [3.63, 3.8) is 0 Å². The predicted molar refractivity (Wildman–Crippen MR) is 89.6 cm³/mol. The van der Waals surface area contributed by atoms with Gasteiger partial charge in [0.15, 0.2) is 0 Å². The second kappa shape index (κ2) is 6.93. The van der Waals surface area contributed by atoms with E-state index in [1.165, 1.54) is 0 Å². The average molecular weight is 328 g/mol. The van der Waals surface area contributed by atoms with Crippen LogP contribution in [0.1, 0.15) is 32.1 Å². The molecule has 1 aliphatic heterocycles. The molecule has 0 spiro atoms. The van der Waals surface area contributed by atoms with E-state index in [0.29, 0.717) is 25.5 Å². The van der Waals surface area contributed by atoms with Gasteiger partial charge in [-0.2, -0.15) is 0 Å². The second-order valence-corrected chi connectivity index (χ2v) is 6.88. The zero-order chi connectivity index (χ0) is 16.4. The molecule has 24 heavy (non-hydrogen) atoms. The average Bonchev–Trinajstić information content (AvgIpc) is 3.26. The molecule has 1 amide bonds. The van der Waals surface area contributed by atoms with Gasteiger partial charge in [-0.15, -0.1) is 0 Å². The van der Waals surface area contributed by atoms with Crippen molar-refractivity contribution >= 4 is 5.91 Å². The van der Waals surface area contributed by atoms with Gasteiger partial charge in [-0.1, -0.05) is 12.2 Å². The maximum atomic E-state index is 12.7. The minimum atomic E-state index is -0.0259. The van der Waals surface area contributed by atoms with Crippen LogP contribution in [0.5, 0.6) is 5.75 Å². The van der Waals surface area contributed by atoms with E-state index in [4.69, 9.17) is 9.47 Å². The standard InChI is InChI=1S/C19H24N2O3/c22-18(12-14-4-1-2-5-14)21-10-11-23-19-16(21)7-8-17(19)24-15-6-3-9-20-13-15/h1,3-4,6,9,13-14,16-17,19H,2,5,7-8,10-12H2/t14-,16-,17+,19+/m0/s1. The SMILES string of the molecule is O=C(C[C@H]1C=CCC1)N1CCO[C@H]2[C@H](Oc3cccnc3)CC[C@@H]21. The van der Waals surface area contributed by atoms with Gasteiger partial charge in [0.1, 0.15) is 18.0 Å². The summed E-state index contributed by atoms with van der Waals surface area (Å²) in [5.74, 6) is 1.46. The summed E-state index contributed by atoms with van der Waals surface area (Å²) in [5, 5.41) is 0. The molecule has 3 aliphatic rings. The minimum Gasteiger partial charge on any atom is -0.486 e. The van der Waals surface area contributed by atoms with Crippen molar-refractivity contribution in [3.8, 4) is 5.75 Å². The van der Waals surface area contributed by atoms with Crippen molar-refractivity contribution < 1.29 is 14.3 Å². The summed E-state index contributed by atoms with van der Waals surface area (Å²) >= 11 is 0. The van der Waals surface area contributed by atoms with E-state index in [0.717, 1.165) is 31.4 Å². The van der Waals surface area contributed by atoms with E-state index in [2.05, 4.69) is 17.1 Å². The van der Waals surface area contributed by atoms with Gasteiger partial charge in [0.2, 0.25) is 5.91 Å². The monoisotopic (exact) mass is 328 g/mol. The Labute approximate surface area is 142 Å². The van der Waals surface area contributed by atoms with Gasteiger partial charge in [0.05, 0.1) is 18.8 Å². The Morgan fingerprint density at radius 2 is 2.33 bits per heavy atom. The van der Waals surface area contributed by atoms with E-state index in [9.17, 15) is 4.79 Å². The van der Waals surface area contributed by atoms with Crippen LogP contribution in [-0.4, -0.2) is 47.2 Å². The summed E-state index contributed by atoms with van der Waals surface area (Å²) in [5.41, 5.74) is 0. The topological polar surface area (TPSA) is 51.7 Å². The Balaban J connectivity index is 1.40. The molecule has 1 saturated carbocycles. The number of hydrogen-bond donors (Lipinski definition) is 0. The Bertz CT molecular complexity index is 604. The smallest absolute Gasteiger partial charge is 0.223 e. The lowest BCUT2D eigenvalue weighted by atomic mass is 10.0. The number of hydrogen-bond acceptors (Lipinski definition) is 4. The van der Waals surface area contributed by atoms with Crippen molar-refractivity contribution in [2.24, 2.45) is 5.92 Å². The van der Waals surface area contributed by atoms with Crippen molar-refractivity contribution in [2.75, 3.05) is 13.2 Å². The summed E-state index contributed by atoms with van der Waals surface area (Å²) in [6.45, 7) is 1.30. The van der Waals surface area contributed by atoms with Crippen LogP contribution in [0, 0.1) is 5.92 Å². The van der Waals surface area contributed by atoms with Crippen molar-refractivity contribution in [2.45, 2.75) is 50.4 Å². The number of carbonyl (C=O) groups is 1. The molecule has 0 N–H and O–H groups in total. The van der Waals surface area contributed by atoms with E-state index in [1.807, 2.05) is 17.0 Å². The molecule has 0 aromatic carbocycles. The van der Waals surface area contributed by atoms with E-state index < -0.39 is 0 Å². The first-order valence-corrected chi connectivity index (χ1v) is 8.95. The third-order valence-corrected chi connectivity index (χ3v) is 5.33. The van der Waals surface area contributed by atoms with Gasteiger partial charge >= 0.3 is 0 Å². The van der Waals surface area contributed by atoms with Gasteiger partial charge < -0.3 is 14.4 Å². The Kier molecular flexibility index (Phi) is 4.52. The molecule has 1 saturated heterocycles. The van der Waals surface area contributed by atoms with Crippen LogP contribution < -0.4 is 4.74 Å². The van der Waals surface area contributed by atoms with Gasteiger partial charge in [0.25, 0.3) is 0 Å². The van der Waals surface area contributed by atoms with Crippen LogP contribution in [-0.2, 0) is 9.53 Å². The molecule has 2 fully saturated rings. The molecule has 5 heteroatoms. The molecule has 4 rings (SSSR count). The third kappa shape index (κ3) is 3.18. The number of amides is 1. The molecule has 4 atom stereocenters. The summed E-state index contributed by atoms with van der Waals surface area (Å²) in [7, 11) is 0. The van der Waals surface area contributed by atoms with Crippen molar-refractivity contribution in [1.82, 2.24) is 9.88 Å². The highest BCUT2D eigenvalue weighted by Gasteiger charge is 2.45. The fourth-order valence-corrected chi connectivity index (χ4v) is 4.15. The van der Waals surface area contributed by atoms with E-state index >= 15 is 0 Å². The maximum Gasteiger partial charge on any atom is 0.223 e. The first kappa shape index (κ1) is 15.6. The highest BCUT2D eigenvalue weighted by Crippen LogP contribution is 2.34. The molecule has 5 nitrogen and oxygen atoms in total. The Morgan fingerprint density at radius 3 is 3.12 bits per heavy atom. The fraction of sp³-hybridized carbons (Fsp3) is 0.579. The lowest BCUT2D eigenvalue weighted by Crippen LogP contribution is -2.54. The molecule has 1 aromatic rings. The van der Waals surface area contributed by atoms with Crippen LogP contribution >= 0.6 is 0 Å². The summed E-state index contributed by atoms with van der Waals surface area (Å²) in [6.07, 6.45) is 12.5. The zero-order valence-electron chi connectivity index (χ0n) is 13.8. The number of nitrogens with zero attached hydrogens (tertiary/aromatic N) is 2. The zero-order valence-corrected chi connectivity index (χ0v) is 13.8. The highest BCUT2D eigenvalue weighted by atomic mass is 16.5. The van der Waals surface area contributed by atoms with Gasteiger partial charge in [-0.05, 0) is 43.7 Å². The molecule has 2 aliphatic carbocycles. The summed E-state index contributed by atoms with van der Waals surface area (Å²) in [6, 6.07) is 3.94. The molecule has 1 aromatic heterocycles. The number of aromatic nitrogens is 1. The first-order chi connectivity index (χ1) is 11.8. The number of fused-ring (bicyclic) bond motifs is 1. The number of allylic oxidation sites excluding steroid dienone is 2. The predicted octanol–water partition coefficient (Wildman–Crippen LogP) is 2.58. The van der Waals surface area contributed by atoms with E-state index in [1.54, 1.807) is 12.4 Å². The van der Waals surface area contributed by atoms with Crippen molar-refractivity contribution in [1.29, 1.82) is 0 Å². The highest BCUT2D eigenvalue weighted by molar-refractivity contribution is 5.77. The van der Waals surface area contributed by atoms with Crippen LogP contribution in [0.15, 0.2) is 36.7 Å². The molecule has 0 bridgehead atoms. The number of ether oxygens (including phenoxy) is 2. The third-order valence-electron chi connectivity index (χ3n) is 5.33. The van der Waals surface area contributed by atoms with Crippen LogP contribution in [0.3, 0.4) is 0 Å². The van der Waals surface area contributed by atoms with Crippen LogP contribution in [0.2, 0.25) is 0 Å². The van der Waals surface area contributed by atoms with Crippen LogP contribution in [0.4, 0.5) is 0 Å². The Hall–Kier alpha value is -1.88. The van der Waals surface area contributed by atoms with Crippen molar-refractivity contribution in [3.05, 3.63) is 36.7 Å². The molecule has 0 radical (unpaired) electrons. The van der Waals surface area contributed by atoms with Crippen LogP contribution in [0.25, 0.3) is 0 Å². The lowest BCUT2D eigenvalue weighted by molar-refractivity contribution is -0.148. The molecular formula is C19H24N2O3. The number of carbonyl (C=O) groups excluding carboxylic acids is 1. The summed E-state index contributed by atoms with van der Waals surface area (Å²) < 4.78 is 12.1. The number of pyridine rings is 1. The minimum absolute atomic E-state index is 0.00109. The molecule has 2 heterocycles. The number of morpholine rings is 1. The summed E-state index contributed by atoms with van der Waals surface area (Å²) in [4.78, 5) is 18.9. The quantitative estimate of drug-likeness (QED) is 0.797. The van der Waals surface area contributed by atoms with Gasteiger partial charge in [0, 0.05) is 19.2 Å². The lowest BCUT2D eigenvalue weighted by Gasteiger charge is -2.39. The molecule has 0 unspecified atom stereocenters. The number of rotatable bonds is 4. The largest absolute Gasteiger partial charge is 0.486 e. The normalized spacial score (nSPS) is 31.9.